The van der Waals surface area contributed by atoms with E-state index in [1.807, 2.05) is 30.8 Å². The van der Waals surface area contributed by atoms with Gasteiger partial charge < -0.3 is 15.4 Å². The van der Waals surface area contributed by atoms with Crippen LogP contribution in [0.4, 0.5) is 5.69 Å². The minimum atomic E-state index is -0.0413. The summed E-state index contributed by atoms with van der Waals surface area (Å²) in [7, 11) is 3.84. The molecule has 0 heterocycles. The molecule has 0 aliphatic rings. The van der Waals surface area contributed by atoms with Gasteiger partial charge in [-0.2, -0.15) is 11.8 Å². The standard InChI is InChI=1S/C15H26N2OS/c1-6-12(10-19-5)17(3)13-8-7-9-14(18-4)15(13)11(2)16/h7-9,11-12H,6,10,16H2,1-5H3/t11-,12?/m1/s1. The molecule has 0 saturated carbocycles. The SMILES string of the molecule is CCC(CSC)N(C)c1cccc(OC)c1[C@@H](C)N. The molecule has 0 fully saturated rings. The van der Waals surface area contributed by atoms with Gasteiger partial charge in [0.2, 0.25) is 0 Å². The van der Waals surface area contributed by atoms with E-state index in [9.17, 15) is 0 Å². The lowest BCUT2D eigenvalue weighted by Crippen LogP contribution is -2.34. The molecule has 2 N–H and O–H groups in total. The fourth-order valence-corrected chi connectivity index (χ4v) is 3.21. The van der Waals surface area contributed by atoms with Crippen molar-refractivity contribution in [1.82, 2.24) is 0 Å². The molecular weight excluding hydrogens is 256 g/mol. The van der Waals surface area contributed by atoms with Crippen molar-refractivity contribution < 1.29 is 4.74 Å². The van der Waals surface area contributed by atoms with Gasteiger partial charge in [0.15, 0.2) is 0 Å². The molecule has 4 heteroatoms. The average Bonchev–Trinajstić information content (AvgIpc) is 2.42. The van der Waals surface area contributed by atoms with Crippen molar-refractivity contribution in [2.45, 2.75) is 32.4 Å². The Morgan fingerprint density at radius 3 is 2.58 bits per heavy atom. The summed E-state index contributed by atoms with van der Waals surface area (Å²) in [6.07, 6.45) is 3.27. The molecule has 3 nitrogen and oxygen atoms in total. The number of hydrogen-bond donors (Lipinski definition) is 1. The van der Waals surface area contributed by atoms with Crippen LogP contribution in [0.25, 0.3) is 0 Å². The van der Waals surface area contributed by atoms with Gasteiger partial charge >= 0.3 is 0 Å². The van der Waals surface area contributed by atoms with Crippen molar-refractivity contribution in [1.29, 1.82) is 0 Å². The van der Waals surface area contributed by atoms with Crippen molar-refractivity contribution in [2.75, 3.05) is 31.1 Å². The summed E-state index contributed by atoms with van der Waals surface area (Å²) >= 11 is 1.88. The fourth-order valence-electron chi connectivity index (χ4n) is 2.37. The summed E-state index contributed by atoms with van der Waals surface area (Å²) in [6, 6.07) is 6.61. The van der Waals surface area contributed by atoms with Gasteiger partial charge in [-0.25, -0.2) is 0 Å². The number of nitrogens with two attached hydrogens (primary N) is 1. The van der Waals surface area contributed by atoms with Crippen molar-refractivity contribution in [2.24, 2.45) is 5.73 Å². The summed E-state index contributed by atoms with van der Waals surface area (Å²) < 4.78 is 5.46. The van der Waals surface area contributed by atoms with Crippen LogP contribution in [-0.2, 0) is 0 Å². The molecule has 108 valence electrons. The Labute approximate surface area is 121 Å². The Balaban J connectivity index is 3.17. The molecule has 1 unspecified atom stereocenters. The number of rotatable bonds is 7. The van der Waals surface area contributed by atoms with E-state index in [1.54, 1.807) is 7.11 Å². The molecule has 0 spiro atoms. The summed E-state index contributed by atoms with van der Waals surface area (Å²) in [6.45, 7) is 4.23. The van der Waals surface area contributed by atoms with Crippen LogP contribution < -0.4 is 15.4 Å². The topological polar surface area (TPSA) is 38.5 Å². The van der Waals surface area contributed by atoms with E-state index >= 15 is 0 Å². The first-order chi connectivity index (χ1) is 9.06. The first-order valence-corrected chi connectivity index (χ1v) is 8.10. The van der Waals surface area contributed by atoms with Crippen LogP contribution in [0.2, 0.25) is 0 Å². The molecule has 0 bridgehead atoms. The molecule has 1 rings (SSSR count). The zero-order valence-corrected chi connectivity index (χ0v) is 13.5. The molecule has 0 aliphatic heterocycles. The number of anilines is 1. The van der Waals surface area contributed by atoms with Gasteiger partial charge in [0.05, 0.1) is 7.11 Å². The highest BCUT2D eigenvalue weighted by atomic mass is 32.2. The smallest absolute Gasteiger partial charge is 0.125 e. The largest absolute Gasteiger partial charge is 0.496 e. The maximum atomic E-state index is 6.13. The third-order valence-electron chi connectivity index (χ3n) is 3.48. The van der Waals surface area contributed by atoms with E-state index in [0.29, 0.717) is 6.04 Å². The van der Waals surface area contributed by atoms with Crippen molar-refractivity contribution in [3.8, 4) is 5.75 Å². The minimum absolute atomic E-state index is 0.0413. The number of nitrogens with zero attached hydrogens (tertiary/aromatic N) is 1. The zero-order chi connectivity index (χ0) is 14.4. The number of thioether (sulfide) groups is 1. The molecule has 1 aromatic rings. The molecule has 0 saturated heterocycles. The van der Waals surface area contributed by atoms with Crippen LogP contribution in [0.5, 0.6) is 5.75 Å². The molecular formula is C15H26N2OS. The second kappa shape index (κ2) is 7.65. The zero-order valence-electron chi connectivity index (χ0n) is 12.6. The Bertz CT molecular complexity index is 396. The minimum Gasteiger partial charge on any atom is -0.496 e. The molecule has 0 aromatic heterocycles. The van der Waals surface area contributed by atoms with Crippen molar-refractivity contribution in [3.05, 3.63) is 23.8 Å². The Hall–Kier alpha value is -0.870. The van der Waals surface area contributed by atoms with Crippen molar-refractivity contribution >= 4 is 17.4 Å². The Morgan fingerprint density at radius 2 is 2.11 bits per heavy atom. The van der Waals surface area contributed by atoms with E-state index in [-0.39, 0.29) is 6.04 Å². The monoisotopic (exact) mass is 282 g/mol. The lowest BCUT2D eigenvalue weighted by Gasteiger charge is -2.32. The predicted octanol–water partition coefficient (Wildman–Crippen LogP) is 3.29. The van der Waals surface area contributed by atoms with E-state index in [1.165, 1.54) is 5.69 Å². The molecule has 19 heavy (non-hydrogen) atoms. The van der Waals surface area contributed by atoms with E-state index < -0.39 is 0 Å². The van der Waals surface area contributed by atoms with Crippen molar-refractivity contribution in [3.63, 3.8) is 0 Å². The van der Waals surface area contributed by atoms with Gasteiger partial charge in [0.1, 0.15) is 5.75 Å². The van der Waals surface area contributed by atoms with Crippen LogP contribution in [0.1, 0.15) is 31.9 Å². The summed E-state index contributed by atoms with van der Waals surface area (Å²) in [5, 5.41) is 0. The highest BCUT2D eigenvalue weighted by Gasteiger charge is 2.20. The first kappa shape index (κ1) is 16.2. The molecule has 1 aromatic carbocycles. The lowest BCUT2D eigenvalue weighted by molar-refractivity contribution is 0.407. The van der Waals surface area contributed by atoms with E-state index in [2.05, 4.69) is 31.2 Å². The van der Waals surface area contributed by atoms with Crippen LogP contribution in [0.3, 0.4) is 0 Å². The Morgan fingerprint density at radius 1 is 1.42 bits per heavy atom. The lowest BCUT2D eigenvalue weighted by atomic mass is 10.0. The first-order valence-electron chi connectivity index (χ1n) is 6.71. The number of methoxy groups -OCH3 is 1. The fraction of sp³-hybridized carbons (Fsp3) is 0.600. The van der Waals surface area contributed by atoms with Crippen LogP contribution in [0.15, 0.2) is 18.2 Å². The summed E-state index contributed by atoms with van der Waals surface area (Å²) in [4.78, 5) is 2.33. The van der Waals surface area contributed by atoms with Crippen LogP contribution in [-0.4, -0.2) is 32.2 Å². The van der Waals surface area contributed by atoms with Crippen LogP contribution in [0, 0.1) is 0 Å². The van der Waals surface area contributed by atoms with E-state index in [0.717, 1.165) is 23.5 Å². The van der Waals surface area contributed by atoms with E-state index in [4.69, 9.17) is 10.5 Å². The predicted molar refractivity (Wildman–Crippen MR) is 86.5 cm³/mol. The normalized spacial score (nSPS) is 14.0. The third-order valence-corrected chi connectivity index (χ3v) is 4.19. The highest BCUT2D eigenvalue weighted by molar-refractivity contribution is 7.98. The van der Waals surface area contributed by atoms with Gasteiger partial charge in [0, 0.05) is 36.1 Å². The molecule has 2 atom stereocenters. The maximum Gasteiger partial charge on any atom is 0.125 e. The van der Waals surface area contributed by atoms with Gasteiger partial charge in [0.25, 0.3) is 0 Å². The quantitative estimate of drug-likeness (QED) is 0.833. The molecule has 0 amide bonds. The van der Waals surface area contributed by atoms with Gasteiger partial charge in [-0.05, 0) is 31.7 Å². The number of ether oxygens (including phenoxy) is 1. The molecule has 0 aliphatic carbocycles. The number of hydrogen-bond acceptors (Lipinski definition) is 4. The molecule has 0 radical (unpaired) electrons. The summed E-state index contributed by atoms with van der Waals surface area (Å²) in [5.74, 6) is 1.99. The second-order valence-corrected chi connectivity index (χ2v) is 5.72. The van der Waals surface area contributed by atoms with Gasteiger partial charge in [-0.15, -0.1) is 0 Å². The third kappa shape index (κ3) is 3.80. The van der Waals surface area contributed by atoms with Gasteiger partial charge in [-0.1, -0.05) is 13.0 Å². The maximum absolute atomic E-state index is 6.13. The van der Waals surface area contributed by atoms with Crippen LogP contribution >= 0.6 is 11.8 Å². The highest BCUT2D eigenvalue weighted by Crippen LogP contribution is 2.34. The Kier molecular flexibility index (Phi) is 6.52. The number of benzene rings is 1. The summed E-state index contributed by atoms with van der Waals surface area (Å²) in [5.41, 5.74) is 8.40. The average molecular weight is 282 g/mol. The van der Waals surface area contributed by atoms with Gasteiger partial charge in [-0.3, -0.25) is 0 Å². The second-order valence-electron chi connectivity index (χ2n) is 4.81.